The molecule has 2 N–H and O–H groups in total. The van der Waals surface area contributed by atoms with E-state index in [0.717, 1.165) is 58.9 Å². The normalized spacial score (nSPS) is 13.4. The van der Waals surface area contributed by atoms with Crippen molar-refractivity contribution in [1.82, 2.24) is 29.3 Å². The van der Waals surface area contributed by atoms with Gasteiger partial charge in [0.15, 0.2) is 0 Å². The molecule has 10 heteroatoms. The lowest BCUT2D eigenvalue weighted by Crippen LogP contribution is -2.48. The van der Waals surface area contributed by atoms with Crippen LogP contribution in [-0.4, -0.2) is 67.3 Å². The van der Waals surface area contributed by atoms with Gasteiger partial charge in [0.1, 0.15) is 5.82 Å². The minimum atomic E-state index is -0.259. The summed E-state index contributed by atoms with van der Waals surface area (Å²) < 4.78 is 2.02. The number of aryl methyl sites for hydroxylation is 2. The van der Waals surface area contributed by atoms with Crippen molar-refractivity contribution in [3.05, 3.63) is 132 Å². The Morgan fingerprint density at radius 3 is 2.29 bits per heavy atom. The predicted molar refractivity (Wildman–Crippen MR) is 188 cm³/mol. The Kier molecular flexibility index (Phi) is 8.63. The van der Waals surface area contributed by atoms with Crippen LogP contribution in [0.5, 0.6) is 0 Å². The van der Waals surface area contributed by atoms with Crippen LogP contribution in [0.3, 0.4) is 0 Å². The van der Waals surface area contributed by atoms with Crippen molar-refractivity contribution in [1.29, 1.82) is 0 Å². The molecular weight excluding hydrogens is 600 g/mol. The van der Waals surface area contributed by atoms with E-state index in [2.05, 4.69) is 20.5 Å². The molecule has 48 heavy (non-hydrogen) atoms. The van der Waals surface area contributed by atoms with Crippen molar-refractivity contribution in [2.75, 3.05) is 36.8 Å². The highest BCUT2D eigenvalue weighted by Crippen LogP contribution is 2.28. The summed E-state index contributed by atoms with van der Waals surface area (Å²) >= 11 is 0. The zero-order valence-electron chi connectivity index (χ0n) is 26.9. The van der Waals surface area contributed by atoms with Crippen molar-refractivity contribution >= 4 is 40.0 Å². The van der Waals surface area contributed by atoms with E-state index in [1.165, 1.54) is 0 Å². The van der Waals surface area contributed by atoms with Gasteiger partial charge >= 0.3 is 0 Å². The van der Waals surface area contributed by atoms with E-state index in [-0.39, 0.29) is 11.8 Å². The van der Waals surface area contributed by atoms with Crippen LogP contribution in [-0.2, 0) is 13.6 Å². The van der Waals surface area contributed by atoms with E-state index >= 15 is 0 Å². The van der Waals surface area contributed by atoms with Gasteiger partial charge in [0, 0.05) is 79.1 Å². The molecule has 4 aromatic carbocycles. The molecule has 0 aliphatic carbocycles. The first kappa shape index (κ1) is 30.8. The maximum absolute atomic E-state index is 13.4. The van der Waals surface area contributed by atoms with Crippen molar-refractivity contribution < 1.29 is 9.59 Å². The predicted octanol–water partition coefficient (Wildman–Crippen LogP) is 6.29. The summed E-state index contributed by atoms with van der Waals surface area (Å²) in [4.78, 5) is 44.9. The number of rotatable bonds is 8. The first-order valence-corrected chi connectivity index (χ1v) is 16.0. The lowest BCUT2D eigenvalue weighted by atomic mass is 10.1. The summed E-state index contributed by atoms with van der Waals surface area (Å²) in [6.07, 6.45) is 3.75. The highest BCUT2D eigenvalue weighted by atomic mass is 16.2. The number of anilines is 3. The summed E-state index contributed by atoms with van der Waals surface area (Å²) in [5.74, 6) is 1.18. The Balaban J connectivity index is 1.00. The summed E-state index contributed by atoms with van der Waals surface area (Å²) in [6.45, 7) is 5.50. The standard InChI is InChI=1S/C38H36N8O2/c1-26-12-13-29(37(48)46-22-20-45(21-23-46)25-34-39-18-19-44(34)2)24-33(26)41-36(47)28-14-16-30(17-15-28)40-38-42-32-11-7-6-10-31(32)35(43-38)27-8-4-3-5-9-27/h3-19,24H,20-23,25H2,1-2H3,(H,41,47)(H,40,42,43). The second-order valence-electron chi connectivity index (χ2n) is 12.0. The zero-order valence-corrected chi connectivity index (χ0v) is 26.9. The Bertz CT molecular complexity index is 2080. The highest BCUT2D eigenvalue weighted by molar-refractivity contribution is 6.06. The molecule has 1 fully saturated rings. The topological polar surface area (TPSA) is 108 Å². The number of benzene rings is 4. The van der Waals surface area contributed by atoms with Crippen LogP contribution in [0.25, 0.3) is 22.2 Å². The first-order chi connectivity index (χ1) is 23.4. The van der Waals surface area contributed by atoms with Crippen molar-refractivity contribution in [3.8, 4) is 11.3 Å². The van der Waals surface area contributed by atoms with Gasteiger partial charge in [0.05, 0.1) is 17.8 Å². The third-order valence-corrected chi connectivity index (χ3v) is 8.73. The van der Waals surface area contributed by atoms with E-state index in [0.29, 0.717) is 35.9 Å². The lowest BCUT2D eigenvalue weighted by Gasteiger charge is -2.34. The molecule has 0 bridgehead atoms. The van der Waals surface area contributed by atoms with Crippen LogP contribution in [0.4, 0.5) is 17.3 Å². The van der Waals surface area contributed by atoms with E-state index in [1.807, 2.05) is 108 Å². The molecular formula is C38H36N8O2. The first-order valence-electron chi connectivity index (χ1n) is 16.0. The summed E-state index contributed by atoms with van der Waals surface area (Å²) in [5, 5.41) is 7.27. The Labute approximate surface area is 279 Å². The van der Waals surface area contributed by atoms with E-state index in [4.69, 9.17) is 9.97 Å². The maximum Gasteiger partial charge on any atom is 0.255 e. The number of fused-ring (bicyclic) bond motifs is 1. The van der Waals surface area contributed by atoms with Gasteiger partial charge in [-0.1, -0.05) is 54.6 Å². The number of carbonyl (C=O) groups is 2. The fourth-order valence-electron chi connectivity index (χ4n) is 5.91. The van der Waals surface area contributed by atoms with Crippen LogP contribution in [0.2, 0.25) is 0 Å². The van der Waals surface area contributed by atoms with Crippen LogP contribution in [0.15, 0.2) is 109 Å². The molecule has 0 spiro atoms. The molecule has 2 aromatic heterocycles. The minimum absolute atomic E-state index is 0.0381. The number of hydrogen-bond donors (Lipinski definition) is 2. The van der Waals surface area contributed by atoms with Gasteiger partial charge in [-0.25, -0.2) is 15.0 Å². The summed E-state index contributed by atoms with van der Waals surface area (Å²) in [5.41, 5.74) is 5.97. The van der Waals surface area contributed by atoms with E-state index in [9.17, 15) is 9.59 Å². The second-order valence-corrected chi connectivity index (χ2v) is 12.0. The van der Waals surface area contributed by atoms with E-state index in [1.54, 1.807) is 24.4 Å². The number of para-hydroxylation sites is 1. The number of hydrogen-bond acceptors (Lipinski definition) is 7. The van der Waals surface area contributed by atoms with Crippen molar-refractivity contribution in [3.63, 3.8) is 0 Å². The Morgan fingerprint density at radius 2 is 1.54 bits per heavy atom. The molecule has 1 saturated heterocycles. The fourth-order valence-corrected chi connectivity index (χ4v) is 5.91. The summed E-state index contributed by atoms with van der Waals surface area (Å²) in [6, 6.07) is 30.6. The molecule has 3 heterocycles. The second kappa shape index (κ2) is 13.5. The van der Waals surface area contributed by atoms with Crippen LogP contribution in [0, 0.1) is 6.92 Å². The Hall–Kier alpha value is -5.87. The number of imidazole rings is 1. The average molecular weight is 637 g/mol. The molecule has 2 amide bonds. The molecule has 6 aromatic rings. The van der Waals surface area contributed by atoms with Crippen LogP contribution >= 0.6 is 0 Å². The van der Waals surface area contributed by atoms with Crippen molar-refractivity contribution in [2.45, 2.75) is 13.5 Å². The summed E-state index contributed by atoms with van der Waals surface area (Å²) in [7, 11) is 1.99. The van der Waals surface area contributed by atoms with Gasteiger partial charge in [-0.05, 0) is 55.0 Å². The SMILES string of the molecule is Cc1ccc(C(=O)N2CCN(Cc3nccn3C)CC2)cc1NC(=O)c1ccc(Nc2nc(-c3ccccc3)c3ccccc3n2)cc1. The Morgan fingerprint density at radius 1 is 0.812 bits per heavy atom. The van der Waals surface area contributed by atoms with Gasteiger partial charge in [-0.15, -0.1) is 0 Å². The number of nitrogens with one attached hydrogen (secondary N) is 2. The minimum Gasteiger partial charge on any atom is -0.337 e. The number of aromatic nitrogens is 4. The smallest absolute Gasteiger partial charge is 0.255 e. The average Bonchev–Trinajstić information content (AvgIpc) is 3.53. The molecule has 1 aliphatic heterocycles. The fraction of sp³-hybridized carbons (Fsp3) is 0.184. The quantitative estimate of drug-likeness (QED) is 0.202. The van der Waals surface area contributed by atoms with Crippen LogP contribution < -0.4 is 10.6 Å². The van der Waals surface area contributed by atoms with Gasteiger partial charge in [-0.2, -0.15) is 0 Å². The molecule has 0 radical (unpaired) electrons. The molecule has 10 nitrogen and oxygen atoms in total. The van der Waals surface area contributed by atoms with Crippen LogP contribution in [0.1, 0.15) is 32.1 Å². The third kappa shape index (κ3) is 6.65. The molecule has 1 aliphatic rings. The molecule has 0 unspecified atom stereocenters. The van der Waals surface area contributed by atoms with E-state index < -0.39 is 0 Å². The van der Waals surface area contributed by atoms with Gasteiger partial charge in [0.25, 0.3) is 11.8 Å². The molecule has 0 atom stereocenters. The molecule has 240 valence electrons. The van der Waals surface area contributed by atoms with Gasteiger partial charge in [0.2, 0.25) is 5.95 Å². The van der Waals surface area contributed by atoms with Crippen molar-refractivity contribution in [2.24, 2.45) is 7.05 Å². The number of piperazine rings is 1. The largest absolute Gasteiger partial charge is 0.337 e. The number of amides is 2. The zero-order chi connectivity index (χ0) is 33.0. The molecule has 0 saturated carbocycles. The molecule has 7 rings (SSSR count). The number of nitrogens with zero attached hydrogens (tertiary/aromatic N) is 6. The highest BCUT2D eigenvalue weighted by Gasteiger charge is 2.23. The van der Waals surface area contributed by atoms with Gasteiger partial charge < -0.3 is 20.1 Å². The third-order valence-electron chi connectivity index (χ3n) is 8.73. The number of carbonyl (C=O) groups excluding carboxylic acids is 2. The van der Waals surface area contributed by atoms with Gasteiger partial charge in [-0.3, -0.25) is 14.5 Å². The monoisotopic (exact) mass is 636 g/mol. The maximum atomic E-state index is 13.4. The lowest BCUT2D eigenvalue weighted by molar-refractivity contribution is 0.0624.